The van der Waals surface area contributed by atoms with Crippen LogP contribution in [0.5, 0.6) is 5.75 Å². The lowest BCUT2D eigenvalue weighted by atomic mass is 9.84. The SMILES string of the molecule is Cc1cccc(CN(CCOc2ccc(C[C@H](Nc3ccccc3C(=O)c3ccccc3)C(=O)O)cc2)C(=O)C2CCC2)c1. The van der Waals surface area contributed by atoms with Crippen molar-refractivity contribution in [2.75, 3.05) is 18.5 Å². The van der Waals surface area contributed by atoms with Gasteiger partial charge in [-0.3, -0.25) is 9.59 Å². The molecule has 4 aromatic rings. The minimum Gasteiger partial charge on any atom is -0.492 e. The largest absolute Gasteiger partial charge is 0.492 e. The van der Waals surface area contributed by atoms with Crippen molar-refractivity contribution in [3.8, 4) is 5.75 Å². The van der Waals surface area contributed by atoms with Crippen LogP contribution in [0.1, 0.15) is 51.9 Å². The van der Waals surface area contributed by atoms with E-state index in [1.165, 1.54) is 5.56 Å². The van der Waals surface area contributed by atoms with Crippen LogP contribution in [0.25, 0.3) is 0 Å². The number of nitrogens with zero attached hydrogens (tertiary/aromatic N) is 1. The van der Waals surface area contributed by atoms with Crippen LogP contribution in [0, 0.1) is 12.8 Å². The average Bonchev–Trinajstić information content (AvgIpc) is 3.00. The Morgan fingerprint density at radius 2 is 1.61 bits per heavy atom. The molecule has 5 rings (SSSR count). The van der Waals surface area contributed by atoms with Crippen LogP contribution in [-0.2, 0) is 22.6 Å². The fourth-order valence-electron chi connectivity index (χ4n) is 5.38. The lowest BCUT2D eigenvalue weighted by Crippen LogP contribution is -2.40. The third-order valence-corrected chi connectivity index (χ3v) is 8.05. The molecular weight excluding hydrogens is 552 g/mol. The molecule has 0 radical (unpaired) electrons. The highest BCUT2D eigenvalue weighted by atomic mass is 16.5. The first kappa shape index (κ1) is 30.5. The summed E-state index contributed by atoms with van der Waals surface area (Å²) in [7, 11) is 0. The molecule has 1 fully saturated rings. The number of amides is 1. The maximum absolute atomic E-state index is 13.1. The van der Waals surface area contributed by atoms with Gasteiger partial charge in [0.15, 0.2) is 5.78 Å². The van der Waals surface area contributed by atoms with Crippen LogP contribution in [0.3, 0.4) is 0 Å². The zero-order chi connectivity index (χ0) is 30.9. The second-order valence-corrected chi connectivity index (χ2v) is 11.3. The van der Waals surface area contributed by atoms with E-state index in [-0.39, 0.29) is 24.0 Å². The fourth-order valence-corrected chi connectivity index (χ4v) is 5.38. The summed E-state index contributed by atoms with van der Waals surface area (Å²) in [4.78, 5) is 40.3. The lowest BCUT2D eigenvalue weighted by Gasteiger charge is -2.32. The van der Waals surface area contributed by atoms with E-state index in [2.05, 4.69) is 24.4 Å². The predicted octanol–water partition coefficient (Wildman–Crippen LogP) is 6.54. The van der Waals surface area contributed by atoms with Crippen molar-refractivity contribution in [3.63, 3.8) is 0 Å². The number of carbonyl (C=O) groups excluding carboxylic acids is 2. The summed E-state index contributed by atoms with van der Waals surface area (Å²) in [5.41, 5.74) is 4.51. The molecule has 0 unspecified atom stereocenters. The van der Waals surface area contributed by atoms with Gasteiger partial charge in [-0.05, 0) is 55.2 Å². The van der Waals surface area contributed by atoms with Crippen LogP contribution in [0.2, 0.25) is 0 Å². The smallest absolute Gasteiger partial charge is 0.326 e. The number of carbonyl (C=O) groups is 3. The summed E-state index contributed by atoms with van der Waals surface area (Å²) in [6.07, 6.45) is 3.22. The zero-order valence-corrected chi connectivity index (χ0v) is 24.9. The molecule has 2 N–H and O–H groups in total. The van der Waals surface area contributed by atoms with E-state index in [9.17, 15) is 19.5 Å². The Hall–Kier alpha value is -4.91. The lowest BCUT2D eigenvalue weighted by molar-refractivity contribution is -0.139. The molecule has 7 nitrogen and oxygen atoms in total. The van der Waals surface area contributed by atoms with Crippen LogP contribution in [0.15, 0.2) is 103 Å². The minimum atomic E-state index is -1.02. The number of benzene rings is 4. The Kier molecular flexibility index (Phi) is 10.1. The highest BCUT2D eigenvalue weighted by Crippen LogP contribution is 2.29. The normalized spacial score (nSPS) is 13.4. The number of aliphatic carboxylic acids is 1. The Labute approximate surface area is 258 Å². The van der Waals surface area contributed by atoms with Crippen molar-refractivity contribution in [1.82, 2.24) is 4.90 Å². The number of ether oxygens (including phenoxy) is 1. The molecule has 7 heteroatoms. The Morgan fingerprint density at radius 1 is 0.886 bits per heavy atom. The summed E-state index contributed by atoms with van der Waals surface area (Å²) in [5.74, 6) is -0.239. The molecule has 0 heterocycles. The maximum Gasteiger partial charge on any atom is 0.326 e. The first-order valence-electron chi connectivity index (χ1n) is 15.1. The summed E-state index contributed by atoms with van der Waals surface area (Å²) >= 11 is 0. The monoisotopic (exact) mass is 590 g/mol. The molecule has 0 spiro atoms. The van der Waals surface area contributed by atoms with E-state index < -0.39 is 12.0 Å². The number of carboxylic acids is 1. The van der Waals surface area contributed by atoms with Crippen molar-refractivity contribution >= 4 is 23.3 Å². The summed E-state index contributed by atoms with van der Waals surface area (Å²) in [6, 6.07) is 30.5. The summed E-state index contributed by atoms with van der Waals surface area (Å²) < 4.78 is 6.00. The van der Waals surface area contributed by atoms with Crippen molar-refractivity contribution in [3.05, 3.63) is 131 Å². The van der Waals surface area contributed by atoms with Crippen molar-refractivity contribution < 1.29 is 24.2 Å². The summed E-state index contributed by atoms with van der Waals surface area (Å²) in [6.45, 7) is 3.45. The standard InChI is InChI=1S/C37H38N2O5/c1-26-9-7-10-28(23-26)25-39(36(41)30-13-8-14-30)21-22-44-31-19-17-27(18-20-31)24-34(37(42)43)38-33-16-6-5-15-32(33)35(40)29-11-3-2-4-12-29/h2-7,9-12,15-20,23,30,34,38H,8,13-14,21-22,24-25H2,1H3,(H,42,43)/t34-/m0/s1. The van der Waals surface area contributed by atoms with Crippen molar-refractivity contribution in [2.45, 2.75) is 45.2 Å². The van der Waals surface area contributed by atoms with Gasteiger partial charge >= 0.3 is 5.97 Å². The molecule has 0 aliphatic heterocycles. The number of nitrogens with one attached hydrogen (secondary N) is 1. The molecule has 0 bridgehead atoms. The van der Waals surface area contributed by atoms with Crippen molar-refractivity contribution in [1.29, 1.82) is 0 Å². The Balaban J connectivity index is 1.19. The number of para-hydroxylation sites is 1. The first-order valence-corrected chi connectivity index (χ1v) is 15.1. The quantitative estimate of drug-likeness (QED) is 0.162. The van der Waals surface area contributed by atoms with Gasteiger partial charge in [-0.25, -0.2) is 4.79 Å². The molecule has 1 amide bonds. The van der Waals surface area contributed by atoms with Crippen LogP contribution in [0.4, 0.5) is 5.69 Å². The highest BCUT2D eigenvalue weighted by molar-refractivity contribution is 6.12. The van der Waals surface area contributed by atoms with Gasteiger partial charge in [0.05, 0.1) is 6.54 Å². The maximum atomic E-state index is 13.1. The first-order chi connectivity index (χ1) is 21.4. The second kappa shape index (κ2) is 14.5. The zero-order valence-electron chi connectivity index (χ0n) is 24.9. The van der Waals surface area contributed by atoms with Gasteiger partial charge in [-0.2, -0.15) is 0 Å². The van der Waals surface area contributed by atoms with Gasteiger partial charge < -0.3 is 20.1 Å². The molecule has 1 atom stereocenters. The number of anilines is 1. The number of carboxylic acid groups (broad SMARTS) is 1. The van der Waals surface area contributed by atoms with E-state index in [0.29, 0.717) is 42.3 Å². The highest BCUT2D eigenvalue weighted by Gasteiger charge is 2.29. The van der Waals surface area contributed by atoms with Crippen LogP contribution in [-0.4, -0.2) is 46.9 Å². The number of hydrogen-bond acceptors (Lipinski definition) is 5. The third kappa shape index (κ3) is 7.92. The van der Waals surface area contributed by atoms with Gasteiger partial charge in [0.25, 0.3) is 0 Å². The molecule has 226 valence electrons. The van der Waals surface area contributed by atoms with Gasteiger partial charge in [-0.1, -0.05) is 90.8 Å². The summed E-state index contributed by atoms with van der Waals surface area (Å²) in [5, 5.41) is 13.1. The third-order valence-electron chi connectivity index (χ3n) is 8.05. The van der Waals surface area contributed by atoms with E-state index >= 15 is 0 Å². The molecule has 0 saturated heterocycles. The molecule has 1 saturated carbocycles. The average molecular weight is 591 g/mol. The predicted molar refractivity (Wildman–Crippen MR) is 171 cm³/mol. The van der Waals surface area contributed by atoms with E-state index in [4.69, 9.17) is 4.74 Å². The van der Waals surface area contributed by atoms with Gasteiger partial charge in [0.1, 0.15) is 18.4 Å². The number of hydrogen-bond donors (Lipinski definition) is 2. The Morgan fingerprint density at radius 3 is 2.30 bits per heavy atom. The number of aryl methyl sites for hydroxylation is 1. The van der Waals surface area contributed by atoms with Crippen molar-refractivity contribution in [2.24, 2.45) is 5.92 Å². The fraction of sp³-hybridized carbons (Fsp3) is 0.270. The molecule has 1 aliphatic carbocycles. The van der Waals surface area contributed by atoms with E-state index in [0.717, 1.165) is 30.4 Å². The molecular formula is C37H38N2O5. The molecule has 0 aromatic heterocycles. The van der Waals surface area contributed by atoms with Crippen LogP contribution >= 0.6 is 0 Å². The topological polar surface area (TPSA) is 95.9 Å². The van der Waals surface area contributed by atoms with Gasteiger partial charge in [0, 0.05) is 35.7 Å². The van der Waals surface area contributed by atoms with Gasteiger partial charge in [-0.15, -0.1) is 0 Å². The second-order valence-electron chi connectivity index (χ2n) is 11.3. The molecule has 1 aliphatic rings. The number of ketones is 1. The molecule has 44 heavy (non-hydrogen) atoms. The number of rotatable bonds is 14. The van der Waals surface area contributed by atoms with E-state index in [1.54, 1.807) is 48.5 Å². The minimum absolute atomic E-state index is 0.110. The Bertz CT molecular complexity index is 1580. The van der Waals surface area contributed by atoms with Crippen LogP contribution < -0.4 is 10.1 Å². The van der Waals surface area contributed by atoms with E-state index in [1.807, 2.05) is 47.4 Å². The van der Waals surface area contributed by atoms with Gasteiger partial charge in [0.2, 0.25) is 5.91 Å². The molecule has 4 aromatic carbocycles.